The number of ketones is 1. The summed E-state index contributed by atoms with van der Waals surface area (Å²) in [6.07, 6.45) is 5.22. The number of likely N-dealkylation sites (N-methyl/N-ethyl adjacent to an activating group) is 1. The number of nitrogens with zero attached hydrogens (tertiary/aromatic N) is 2. The molecule has 1 aliphatic carbocycles. The van der Waals surface area contributed by atoms with Crippen molar-refractivity contribution < 1.29 is 4.79 Å². The Hall–Kier alpha value is -1.19. The third-order valence-electron chi connectivity index (χ3n) is 5.54. The maximum atomic E-state index is 11.4. The quantitative estimate of drug-likeness (QED) is 0.801. The van der Waals surface area contributed by atoms with Crippen LogP contribution in [0, 0.1) is 0 Å². The Kier molecular flexibility index (Phi) is 4.94. The van der Waals surface area contributed by atoms with Gasteiger partial charge < -0.3 is 4.90 Å². The largest absolute Gasteiger partial charge is 0.304 e. The lowest BCUT2D eigenvalue weighted by Gasteiger charge is -2.41. The van der Waals surface area contributed by atoms with Gasteiger partial charge in [0.2, 0.25) is 0 Å². The predicted molar refractivity (Wildman–Crippen MR) is 90.5 cm³/mol. The molecule has 0 amide bonds. The standard InChI is InChI=1S/C19H28N2O/c1-15(22)16-3-5-17(6-4-16)18-7-9-19(10-8-18)21-13-11-20(2)12-14-21/h3-6,18-19H,7-14H2,1-2H3. The third-order valence-corrected chi connectivity index (χ3v) is 5.54. The molecule has 3 nitrogen and oxygen atoms in total. The number of Topliss-reactive ketones (excluding diaryl/α,β-unsaturated/α-hetero) is 1. The molecule has 0 unspecified atom stereocenters. The Labute approximate surface area is 134 Å². The molecule has 0 spiro atoms. The van der Waals surface area contributed by atoms with Gasteiger partial charge in [0.25, 0.3) is 0 Å². The fourth-order valence-electron chi connectivity index (χ4n) is 3.95. The molecule has 1 aliphatic heterocycles. The minimum atomic E-state index is 0.158. The molecule has 1 aromatic carbocycles. The van der Waals surface area contributed by atoms with Gasteiger partial charge in [-0.15, -0.1) is 0 Å². The molecular weight excluding hydrogens is 272 g/mol. The van der Waals surface area contributed by atoms with Gasteiger partial charge in [0.05, 0.1) is 0 Å². The van der Waals surface area contributed by atoms with Crippen LogP contribution in [0.15, 0.2) is 24.3 Å². The average Bonchev–Trinajstić information content (AvgIpc) is 2.56. The van der Waals surface area contributed by atoms with Gasteiger partial charge >= 0.3 is 0 Å². The molecule has 22 heavy (non-hydrogen) atoms. The summed E-state index contributed by atoms with van der Waals surface area (Å²) in [5.74, 6) is 0.843. The number of hydrogen-bond acceptors (Lipinski definition) is 3. The zero-order valence-corrected chi connectivity index (χ0v) is 13.9. The summed E-state index contributed by atoms with van der Waals surface area (Å²) in [6, 6.07) is 9.10. The lowest BCUT2D eigenvalue weighted by molar-refractivity contribution is 0.0878. The number of benzene rings is 1. The SMILES string of the molecule is CC(=O)c1ccc(C2CCC(N3CCN(C)CC3)CC2)cc1. The van der Waals surface area contributed by atoms with Crippen molar-refractivity contribution in [3.63, 3.8) is 0 Å². The molecule has 0 atom stereocenters. The molecule has 0 bridgehead atoms. The summed E-state index contributed by atoms with van der Waals surface area (Å²) in [4.78, 5) is 16.5. The fraction of sp³-hybridized carbons (Fsp3) is 0.632. The van der Waals surface area contributed by atoms with E-state index in [0.29, 0.717) is 5.92 Å². The second-order valence-corrected chi connectivity index (χ2v) is 7.02. The highest BCUT2D eigenvalue weighted by molar-refractivity contribution is 5.94. The molecule has 2 fully saturated rings. The lowest BCUT2D eigenvalue weighted by atomic mass is 9.81. The minimum absolute atomic E-state index is 0.158. The van der Waals surface area contributed by atoms with E-state index in [-0.39, 0.29) is 5.78 Å². The molecule has 0 N–H and O–H groups in total. The Balaban J connectivity index is 1.54. The third kappa shape index (κ3) is 3.58. The summed E-state index contributed by atoms with van der Waals surface area (Å²) in [7, 11) is 2.22. The van der Waals surface area contributed by atoms with E-state index in [9.17, 15) is 4.79 Å². The van der Waals surface area contributed by atoms with Gasteiger partial charge in [-0.05, 0) is 51.1 Å². The molecule has 1 saturated carbocycles. The predicted octanol–water partition coefficient (Wildman–Crippen LogP) is 3.16. The smallest absolute Gasteiger partial charge is 0.159 e. The Morgan fingerprint density at radius 2 is 1.55 bits per heavy atom. The van der Waals surface area contributed by atoms with Crippen LogP contribution >= 0.6 is 0 Å². The van der Waals surface area contributed by atoms with Crippen LogP contribution in [-0.2, 0) is 0 Å². The van der Waals surface area contributed by atoms with Gasteiger partial charge in [0.15, 0.2) is 5.78 Å². The van der Waals surface area contributed by atoms with E-state index in [2.05, 4.69) is 29.0 Å². The summed E-state index contributed by atoms with van der Waals surface area (Å²) in [5, 5.41) is 0. The van der Waals surface area contributed by atoms with Crippen LogP contribution in [0.3, 0.4) is 0 Å². The van der Waals surface area contributed by atoms with Crippen molar-refractivity contribution in [1.29, 1.82) is 0 Å². The second-order valence-electron chi connectivity index (χ2n) is 7.02. The lowest BCUT2D eigenvalue weighted by Crippen LogP contribution is -2.49. The van der Waals surface area contributed by atoms with E-state index < -0.39 is 0 Å². The highest BCUT2D eigenvalue weighted by atomic mass is 16.1. The molecule has 1 aromatic rings. The van der Waals surface area contributed by atoms with Crippen molar-refractivity contribution in [2.75, 3.05) is 33.2 Å². The van der Waals surface area contributed by atoms with Gasteiger partial charge in [-0.2, -0.15) is 0 Å². The molecule has 120 valence electrons. The maximum Gasteiger partial charge on any atom is 0.159 e. The minimum Gasteiger partial charge on any atom is -0.304 e. The van der Waals surface area contributed by atoms with Gasteiger partial charge in [-0.1, -0.05) is 24.3 Å². The number of carbonyl (C=O) groups is 1. The zero-order valence-electron chi connectivity index (χ0n) is 13.9. The van der Waals surface area contributed by atoms with Crippen LogP contribution in [0.2, 0.25) is 0 Å². The van der Waals surface area contributed by atoms with Gasteiger partial charge in [-0.3, -0.25) is 9.69 Å². The number of piperazine rings is 1. The van der Waals surface area contributed by atoms with Gasteiger partial charge in [0.1, 0.15) is 0 Å². The monoisotopic (exact) mass is 300 g/mol. The number of carbonyl (C=O) groups excluding carboxylic acids is 1. The van der Waals surface area contributed by atoms with E-state index in [4.69, 9.17) is 0 Å². The summed E-state index contributed by atoms with van der Waals surface area (Å²) < 4.78 is 0. The van der Waals surface area contributed by atoms with E-state index in [1.807, 2.05) is 12.1 Å². The van der Waals surface area contributed by atoms with Crippen molar-refractivity contribution in [3.05, 3.63) is 35.4 Å². The van der Waals surface area contributed by atoms with Crippen LogP contribution < -0.4 is 0 Å². The number of rotatable bonds is 3. The summed E-state index contributed by atoms with van der Waals surface area (Å²) >= 11 is 0. The first-order valence-electron chi connectivity index (χ1n) is 8.67. The molecule has 1 heterocycles. The fourth-order valence-corrected chi connectivity index (χ4v) is 3.95. The molecule has 0 aromatic heterocycles. The molecular formula is C19H28N2O. The van der Waals surface area contributed by atoms with Crippen molar-refractivity contribution in [2.45, 2.75) is 44.6 Å². The zero-order chi connectivity index (χ0) is 15.5. The van der Waals surface area contributed by atoms with Crippen LogP contribution in [0.1, 0.15) is 54.4 Å². The van der Waals surface area contributed by atoms with E-state index in [0.717, 1.165) is 11.6 Å². The second kappa shape index (κ2) is 6.93. The van der Waals surface area contributed by atoms with Crippen molar-refractivity contribution in [3.8, 4) is 0 Å². The highest BCUT2D eigenvalue weighted by Crippen LogP contribution is 2.35. The highest BCUT2D eigenvalue weighted by Gasteiger charge is 2.28. The van der Waals surface area contributed by atoms with E-state index in [1.165, 1.54) is 57.4 Å². The number of hydrogen-bond donors (Lipinski definition) is 0. The summed E-state index contributed by atoms with van der Waals surface area (Å²) in [6.45, 7) is 6.54. The van der Waals surface area contributed by atoms with E-state index >= 15 is 0 Å². The van der Waals surface area contributed by atoms with Gasteiger partial charge in [0, 0.05) is 37.8 Å². The average molecular weight is 300 g/mol. The molecule has 3 heteroatoms. The van der Waals surface area contributed by atoms with E-state index in [1.54, 1.807) is 6.92 Å². The van der Waals surface area contributed by atoms with Crippen LogP contribution in [0.4, 0.5) is 0 Å². The molecule has 1 saturated heterocycles. The normalized spacial score (nSPS) is 27.7. The van der Waals surface area contributed by atoms with Crippen molar-refractivity contribution >= 4 is 5.78 Å². The first-order chi connectivity index (χ1) is 10.6. The van der Waals surface area contributed by atoms with Crippen LogP contribution in [0.25, 0.3) is 0 Å². The molecule has 2 aliphatic rings. The van der Waals surface area contributed by atoms with Crippen molar-refractivity contribution in [1.82, 2.24) is 9.80 Å². The van der Waals surface area contributed by atoms with Crippen LogP contribution in [0.5, 0.6) is 0 Å². The Morgan fingerprint density at radius 1 is 0.955 bits per heavy atom. The van der Waals surface area contributed by atoms with Crippen LogP contribution in [-0.4, -0.2) is 54.9 Å². The first-order valence-corrected chi connectivity index (χ1v) is 8.67. The van der Waals surface area contributed by atoms with Gasteiger partial charge in [-0.25, -0.2) is 0 Å². The summed E-state index contributed by atoms with van der Waals surface area (Å²) in [5.41, 5.74) is 2.25. The topological polar surface area (TPSA) is 23.6 Å². The first kappa shape index (κ1) is 15.7. The molecule has 3 rings (SSSR count). The maximum absolute atomic E-state index is 11.4. The van der Waals surface area contributed by atoms with Crippen molar-refractivity contribution in [2.24, 2.45) is 0 Å². The molecule has 0 radical (unpaired) electrons. The Bertz CT molecular complexity index is 495. The Morgan fingerprint density at radius 3 is 2.09 bits per heavy atom.